The molecule has 0 aliphatic carbocycles. The molecule has 9 heavy (non-hydrogen) atoms. The molecule has 0 aromatic heterocycles. The average Bonchev–Trinajstić information content (AvgIpc) is 1.89. The van der Waals surface area contributed by atoms with Crippen LogP contribution in [0, 0.1) is 0 Å². The Labute approximate surface area is 69.5 Å². The molecule has 0 atom stereocenters. The van der Waals surface area contributed by atoms with Gasteiger partial charge in [0.2, 0.25) is 0 Å². The summed E-state index contributed by atoms with van der Waals surface area (Å²) in [5.74, 6) is 0. The third-order valence-corrected chi connectivity index (χ3v) is 3.44. The van der Waals surface area contributed by atoms with Crippen LogP contribution in [0.15, 0.2) is 0 Å². The average molecular weight is 242 g/mol. The number of unbranched alkanes of at least 4 members (excludes halogenated alkanes) is 4. The van der Waals surface area contributed by atoms with E-state index in [2.05, 4.69) is 11.9 Å². The van der Waals surface area contributed by atoms with Gasteiger partial charge in [-0.25, -0.2) is 0 Å². The van der Waals surface area contributed by atoms with Crippen LogP contribution in [0.1, 0.15) is 39.0 Å². The molecule has 0 bridgehead atoms. The van der Waals surface area contributed by atoms with Crippen molar-refractivity contribution in [1.29, 1.82) is 0 Å². The van der Waals surface area contributed by atoms with E-state index >= 15 is 0 Å². The van der Waals surface area contributed by atoms with Crippen LogP contribution in [0.25, 0.3) is 0 Å². The summed E-state index contributed by atoms with van der Waals surface area (Å²) in [5.41, 5.74) is 0. The first-order chi connectivity index (χ1) is 4.41. The second-order valence-electron chi connectivity index (χ2n) is 2.41. The van der Waals surface area contributed by atoms with Gasteiger partial charge in [-0.2, -0.15) is 0 Å². The van der Waals surface area contributed by atoms with E-state index in [1.54, 1.807) is 4.47 Å². The van der Waals surface area contributed by atoms with Crippen molar-refractivity contribution in [3.63, 3.8) is 0 Å². The summed E-state index contributed by atoms with van der Waals surface area (Å²) in [7, 11) is 0. The van der Waals surface area contributed by atoms with Crippen molar-refractivity contribution >= 4 is 20.9 Å². The molecule has 0 aromatic carbocycles. The topological polar surface area (TPSA) is 0 Å². The SMILES string of the molecule is CCCCCCC[Te]C. The zero-order valence-electron chi connectivity index (χ0n) is 6.65. The molecule has 1 heteroatoms. The van der Waals surface area contributed by atoms with Crippen LogP contribution in [0.3, 0.4) is 0 Å². The molecule has 0 saturated carbocycles. The van der Waals surface area contributed by atoms with E-state index in [-0.39, 0.29) is 0 Å². The third kappa shape index (κ3) is 8.79. The molecule has 0 nitrogen and oxygen atoms in total. The van der Waals surface area contributed by atoms with Gasteiger partial charge in [-0.05, 0) is 0 Å². The van der Waals surface area contributed by atoms with Crippen molar-refractivity contribution < 1.29 is 0 Å². The van der Waals surface area contributed by atoms with E-state index < -0.39 is 0 Å². The minimum absolute atomic E-state index is 0.443. The van der Waals surface area contributed by atoms with Gasteiger partial charge in [0.15, 0.2) is 0 Å². The summed E-state index contributed by atoms with van der Waals surface area (Å²) in [6.07, 6.45) is 7.31. The Morgan fingerprint density at radius 2 is 1.67 bits per heavy atom. The van der Waals surface area contributed by atoms with Crippen LogP contribution in [0.4, 0.5) is 0 Å². The fraction of sp³-hybridized carbons (Fsp3) is 1.00. The molecule has 0 spiro atoms. The van der Waals surface area contributed by atoms with Gasteiger partial charge in [0.25, 0.3) is 0 Å². The van der Waals surface area contributed by atoms with Gasteiger partial charge in [0.1, 0.15) is 0 Å². The predicted octanol–water partition coefficient (Wildman–Crippen LogP) is 3.13. The monoisotopic (exact) mass is 244 g/mol. The van der Waals surface area contributed by atoms with Gasteiger partial charge in [0.05, 0.1) is 0 Å². The van der Waals surface area contributed by atoms with Crippen molar-refractivity contribution in [3.05, 3.63) is 0 Å². The van der Waals surface area contributed by atoms with Gasteiger partial charge in [0, 0.05) is 0 Å². The zero-order valence-corrected chi connectivity index (χ0v) is 8.98. The Bertz CT molecular complexity index is 37.8. The fourth-order valence-electron chi connectivity index (χ4n) is 0.850. The van der Waals surface area contributed by atoms with Crippen LogP contribution in [0.2, 0.25) is 9.44 Å². The Morgan fingerprint density at radius 3 is 2.22 bits per heavy atom. The summed E-state index contributed by atoms with van der Waals surface area (Å²) < 4.78 is 1.56. The Hall–Kier alpha value is 0.790. The zero-order chi connectivity index (χ0) is 6.95. The maximum atomic E-state index is 2.39. The van der Waals surface area contributed by atoms with Gasteiger partial charge in [-0.1, -0.05) is 0 Å². The van der Waals surface area contributed by atoms with Crippen LogP contribution in [-0.4, -0.2) is 20.9 Å². The molecule has 0 fully saturated rings. The molecule has 0 aliphatic heterocycles. The van der Waals surface area contributed by atoms with Gasteiger partial charge >= 0.3 is 69.4 Å². The van der Waals surface area contributed by atoms with Crippen LogP contribution in [0.5, 0.6) is 0 Å². The maximum absolute atomic E-state index is 2.39. The molecule has 0 N–H and O–H groups in total. The van der Waals surface area contributed by atoms with E-state index in [0.717, 1.165) is 0 Å². The molecule has 0 heterocycles. The summed E-state index contributed by atoms with van der Waals surface area (Å²) in [6, 6.07) is 0. The summed E-state index contributed by atoms with van der Waals surface area (Å²) >= 11 is 0.443. The standard InChI is InChI=1S/C8H18Te/c1-3-4-5-6-7-8-9-2/h3-8H2,1-2H3. The molecular weight excluding hydrogens is 224 g/mol. The quantitative estimate of drug-likeness (QED) is 0.495. The normalized spacial score (nSPS) is 10.0. The van der Waals surface area contributed by atoms with E-state index in [1.807, 2.05) is 0 Å². The van der Waals surface area contributed by atoms with Gasteiger partial charge in [-0.3, -0.25) is 0 Å². The molecule has 0 aromatic rings. The minimum atomic E-state index is 0.443. The second kappa shape index (κ2) is 8.79. The number of rotatable bonds is 6. The summed E-state index contributed by atoms with van der Waals surface area (Å²) in [5, 5.41) is 0. The molecule has 0 radical (unpaired) electrons. The number of hydrogen-bond donors (Lipinski definition) is 0. The summed E-state index contributed by atoms with van der Waals surface area (Å²) in [4.78, 5) is 2.39. The molecule has 0 rings (SSSR count). The van der Waals surface area contributed by atoms with Crippen LogP contribution in [-0.2, 0) is 0 Å². The van der Waals surface area contributed by atoms with Crippen molar-refractivity contribution in [2.24, 2.45) is 0 Å². The van der Waals surface area contributed by atoms with Crippen molar-refractivity contribution in [2.45, 2.75) is 48.5 Å². The first-order valence-electron chi connectivity index (χ1n) is 3.90. The van der Waals surface area contributed by atoms with E-state index in [9.17, 15) is 0 Å². The third-order valence-electron chi connectivity index (χ3n) is 1.45. The van der Waals surface area contributed by atoms with Crippen molar-refractivity contribution in [3.8, 4) is 0 Å². The number of hydrogen-bond acceptors (Lipinski definition) is 0. The van der Waals surface area contributed by atoms with E-state index in [1.165, 1.54) is 32.1 Å². The Morgan fingerprint density at radius 1 is 1.00 bits per heavy atom. The fourth-order valence-corrected chi connectivity index (χ4v) is 2.26. The summed E-state index contributed by atoms with van der Waals surface area (Å²) in [6.45, 7) is 2.27. The molecule has 0 unspecified atom stereocenters. The van der Waals surface area contributed by atoms with Crippen molar-refractivity contribution in [2.75, 3.05) is 0 Å². The molecule has 0 aliphatic rings. The molecule has 0 saturated heterocycles. The van der Waals surface area contributed by atoms with E-state index in [0.29, 0.717) is 20.9 Å². The van der Waals surface area contributed by atoms with E-state index in [4.69, 9.17) is 0 Å². The predicted molar refractivity (Wildman–Crippen MR) is 45.2 cm³/mol. The van der Waals surface area contributed by atoms with Crippen LogP contribution >= 0.6 is 0 Å². The molecule has 0 amide bonds. The van der Waals surface area contributed by atoms with Crippen molar-refractivity contribution in [1.82, 2.24) is 0 Å². The van der Waals surface area contributed by atoms with Gasteiger partial charge < -0.3 is 0 Å². The Balaban J connectivity index is 2.60. The molecular formula is C8H18Te. The van der Waals surface area contributed by atoms with Crippen LogP contribution < -0.4 is 0 Å². The second-order valence-corrected chi connectivity index (χ2v) is 5.22. The first kappa shape index (κ1) is 9.79. The molecule has 56 valence electrons. The van der Waals surface area contributed by atoms with Gasteiger partial charge in [-0.15, -0.1) is 0 Å². The first-order valence-corrected chi connectivity index (χ1v) is 7.88. The Kier molecular flexibility index (Phi) is 9.56.